The lowest BCUT2D eigenvalue weighted by molar-refractivity contribution is -0.136. The smallest absolute Gasteiger partial charge is 0.329 e. The second-order valence-electron chi connectivity index (χ2n) is 5.12. The monoisotopic (exact) mass is 389 g/mol. The standard InChI is InChI=1S/C17H16BrN3O3/c1-10-4-3-5-11(2)15(10)20-16(23)17(24)21-19-9-12-8-13(18)6-7-14(12)22/h3-9,22H,1-2H3,(H,20,23)(H,21,24)/b19-9-. The predicted octanol–water partition coefficient (Wildman–Crippen LogP) is 2.86. The number of nitrogens with zero attached hydrogens (tertiary/aromatic N) is 1. The highest BCUT2D eigenvalue weighted by Crippen LogP contribution is 2.20. The summed E-state index contributed by atoms with van der Waals surface area (Å²) < 4.78 is 0.751. The minimum absolute atomic E-state index is 0.0104. The van der Waals surface area contributed by atoms with Crippen LogP contribution in [0.2, 0.25) is 0 Å². The third-order valence-electron chi connectivity index (χ3n) is 3.29. The number of nitrogens with one attached hydrogen (secondary N) is 2. The third kappa shape index (κ3) is 4.42. The predicted molar refractivity (Wildman–Crippen MR) is 96.1 cm³/mol. The van der Waals surface area contributed by atoms with Gasteiger partial charge in [-0.2, -0.15) is 5.10 Å². The molecule has 0 aliphatic carbocycles. The van der Waals surface area contributed by atoms with Gasteiger partial charge in [0, 0.05) is 15.7 Å². The van der Waals surface area contributed by atoms with Crippen molar-refractivity contribution in [1.29, 1.82) is 0 Å². The summed E-state index contributed by atoms with van der Waals surface area (Å²) in [5.41, 5.74) is 4.85. The molecule has 0 bridgehead atoms. The van der Waals surface area contributed by atoms with Gasteiger partial charge in [0.2, 0.25) is 0 Å². The Hall–Kier alpha value is -2.67. The average Bonchev–Trinajstić information content (AvgIpc) is 2.54. The van der Waals surface area contributed by atoms with Crippen LogP contribution in [-0.2, 0) is 9.59 Å². The number of rotatable bonds is 3. The van der Waals surface area contributed by atoms with E-state index in [1.54, 1.807) is 12.1 Å². The molecule has 2 amide bonds. The lowest BCUT2D eigenvalue weighted by Gasteiger charge is -2.10. The van der Waals surface area contributed by atoms with Gasteiger partial charge in [-0.05, 0) is 43.2 Å². The van der Waals surface area contributed by atoms with Gasteiger partial charge >= 0.3 is 11.8 Å². The Bertz CT molecular complexity index is 798. The second kappa shape index (κ2) is 7.74. The van der Waals surface area contributed by atoms with Crippen molar-refractivity contribution < 1.29 is 14.7 Å². The van der Waals surface area contributed by atoms with Gasteiger partial charge in [-0.15, -0.1) is 0 Å². The maximum atomic E-state index is 11.9. The third-order valence-corrected chi connectivity index (χ3v) is 3.78. The molecule has 0 saturated heterocycles. The number of benzene rings is 2. The molecule has 0 aromatic heterocycles. The fourth-order valence-corrected chi connectivity index (χ4v) is 2.40. The number of aryl methyl sites for hydroxylation is 2. The SMILES string of the molecule is Cc1cccc(C)c1NC(=O)C(=O)N/N=C\c1cc(Br)ccc1O. The molecule has 6 nitrogen and oxygen atoms in total. The summed E-state index contributed by atoms with van der Waals surface area (Å²) >= 11 is 3.27. The molecule has 0 aliphatic rings. The summed E-state index contributed by atoms with van der Waals surface area (Å²) in [6, 6.07) is 10.3. The molecular weight excluding hydrogens is 374 g/mol. The number of para-hydroxylation sites is 1. The van der Waals surface area contributed by atoms with E-state index in [-0.39, 0.29) is 5.75 Å². The first-order valence-corrected chi connectivity index (χ1v) is 7.87. The second-order valence-corrected chi connectivity index (χ2v) is 6.04. The molecule has 0 heterocycles. The summed E-state index contributed by atoms with van der Waals surface area (Å²) in [6.07, 6.45) is 1.25. The minimum atomic E-state index is -0.900. The molecule has 7 heteroatoms. The lowest BCUT2D eigenvalue weighted by atomic mass is 10.1. The van der Waals surface area contributed by atoms with Gasteiger partial charge in [0.1, 0.15) is 5.75 Å². The van der Waals surface area contributed by atoms with E-state index in [0.717, 1.165) is 15.6 Å². The average molecular weight is 390 g/mol. The molecule has 2 aromatic carbocycles. The summed E-state index contributed by atoms with van der Waals surface area (Å²) in [6.45, 7) is 3.68. The number of hydrazone groups is 1. The molecule has 2 rings (SSSR count). The molecule has 0 aliphatic heterocycles. The molecular formula is C17H16BrN3O3. The number of phenolic OH excluding ortho intramolecular Hbond substituents is 1. The Morgan fingerprint density at radius 1 is 1.12 bits per heavy atom. The van der Waals surface area contributed by atoms with Crippen LogP contribution in [0.3, 0.4) is 0 Å². The number of anilines is 1. The molecule has 0 saturated carbocycles. The zero-order valence-corrected chi connectivity index (χ0v) is 14.7. The Balaban J connectivity index is 2.01. The minimum Gasteiger partial charge on any atom is -0.507 e. The molecule has 2 aromatic rings. The first-order valence-electron chi connectivity index (χ1n) is 7.07. The summed E-state index contributed by atoms with van der Waals surface area (Å²) in [7, 11) is 0. The van der Waals surface area contributed by atoms with Crippen LogP contribution >= 0.6 is 15.9 Å². The maximum absolute atomic E-state index is 11.9. The fraction of sp³-hybridized carbons (Fsp3) is 0.118. The lowest BCUT2D eigenvalue weighted by Crippen LogP contribution is -2.32. The molecule has 0 fully saturated rings. The van der Waals surface area contributed by atoms with Crippen molar-refractivity contribution >= 4 is 39.6 Å². The highest BCUT2D eigenvalue weighted by atomic mass is 79.9. The largest absolute Gasteiger partial charge is 0.507 e. The van der Waals surface area contributed by atoms with Gasteiger partial charge < -0.3 is 10.4 Å². The first kappa shape index (κ1) is 17.7. The number of halogens is 1. The van der Waals surface area contributed by atoms with E-state index in [1.807, 2.05) is 32.0 Å². The molecule has 0 unspecified atom stereocenters. The van der Waals surface area contributed by atoms with Crippen LogP contribution in [0.15, 0.2) is 46.0 Å². The van der Waals surface area contributed by atoms with E-state index < -0.39 is 11.8 Å². The summed E-state index contributed by atoms with van der Waals surface area (Å²) in [5, 5.41) is 15.9. The van der Waals surface area contributed by atoms with Crippen molar-refractivity contribution in [2.75, 3.05) is 5.32 Å². The van der Waals surface area contributed by atoms with Crippen LogP contribution in [0.4, 0.5) is 5.69 Å². The first-order chi connectivity index (χ1) is 11.4. The van der Waals surface area contributed by atoms with Crippen LogP contribution in [-0.4, -0.2) is 23.1 Å². The van der Waals surface area contributed by atoms with Crippen molar-refractivity contribution in [1.82, 2.24) is 5.43 Å². The molecule has 124 valence electrons. The Labute approximate surface area is 147 Å². The van der Waals surface area contributed by atoms with Gasteiger partial charge in [0.15, 0.2) is 0 Å². The number of carbonyl (C=O) groups excluding carboxylic acids is 2. The zero-order valence-electron chi connectivity index (χ0n) is 13.1. The Kier molecular flexibility index (Phi) is 5.70. The van der Waals surface area contributed by atoms with E-state index in [2.05, 4.69) is 31.8 Å². The Morgan fingerprint density at radius 2 is 1.79 bits per heavy atom. The highest BCUT2D eigenvalue weighted by Gasteiger charge is 2.15. The number of hydrogen-bond acceptors (Lipinski definition) is 4. The number of carbonyl (C=O) groups is 2. The van der Waals surface area contributed by atoms with Crippen molar-refractivity contribution in [2.45, 2.75) is 13.8 Å². The topological polar surface area (TPSA) is 90.8 Å². The Morgan fingerprint density at radius 3 is 2.46 bits per heavy atom. The van der Waals surface area contributed by atoms with Crippen LogP contribution in [0.25, 0.3) is 0 Å². The number of phenols is 1. The summed E-state index contributed by atoms with van der Waals surface area (Å²) in [4.78, 5) is 23.7. The zero-order chi connectivity index (χ0) is 17.7. The molecule has 0 radical (unpaired) electrons. The van der Waals surface area contributed by atoms with Gasteiger partial charge in [0.25, 0.3) is 0 Å². The van der Waals surface area contributed by atoms with Gasteiger partial charge in [-0.3, -0.25) is 9.59 Å². The van der Waals surface area contributed by atoms with Crippen molar-refractivity contribution in [2.24, 2.45) is 5.10 Å². The normalized spacial score (nSPS) is 10.6. The quantitative estimate of drug-likeness (QED) is 0.428. The molecule has 0 spiro atoms. The highest BCUT2D eigenvalue weighted by molar-refractivity contribution is 9.10. The summed E-state index contributed by atoms with van der Waals surface area (Å²) in [5.74, 6) is -1.71. The van der Waals surface area contributed by atoms with E-state index >= 15 is 0 Å². The van der Waals surface area contributed by atoms with E-state index in [0.29, 0.717) is 11.3 Å². The van der Waals surface area contributed by atoms with Crippen LogP contribution in [0, 0.1) is 13.8 Å². The molecule has 0 atom stereocenters. The van der Waals surface area contributed by atoms with E-state index in [4.69, 9.17) is 0 Å². The van der Waals surface area contributed by atoms with E-state index in [9.17, 15) is 14.7 Å². The van der Waals surface area contributed by atoms with Crippen LogP contribution in [0.1, 0.15) is 16.7 Å². The van der Waals surface area contributed by atoms with Crippen molar-refractivity contribution in [3.63, 3.8) is 0 Å². The van der Waals surface area contributed by atoms with Crippen molar-refractivity contribution in [3.05, 3.63) is 57.6 Å². The molecule has 3 N–H and O–H groups in total. The van der Waals surface area contributed by atoms with Crippen LogP contribution in [0.5, 0.6) is 5.75 Å². The number of hydrogen-bond donors (Lipinski definition) is 3. The maximum Gasteiger partial charge on any atom is 0.329 e. The number of amides is 2. The van der Waals surface area contributed by atoms with E-state index in [1.165, 1.54) is 12.3 Å². The fourth-order valence-electron chi connectivity index (χ4n) is 2.02. The molecule has 24 heavy (non-hydrogen) atoms. The van der Waals surface area contributed by atoms with Gasteiger partial charge in [-0.1, -0.05) is 34.1 Å². The van der Waals surface area contributed by atoms with Crippen LogP contribution < -0.4 is 10.7 Å². The van der Waals surface area contributed by atoms with Crippen molar-refractivity contribution in [3.8, 4) is 5.75 Å². The van der Waals surface area contributed by atoms with Gasteiger partial charge in [0.05, 0.1) is 6.21 Å². The van der Waals surface area contributed by atoms with Gasteiger partial charge in [-0.25, -0.2) is 5.43 Å². The number of aromatic hydroxyl groups is 1.